The number of likely N-dealkylation sites (N-methyl/N-ethyl adjacent to an activating group) is 1. The average molecular weight is 376 g/mol. The van der Waals surface area contributed by atoms with Gasteiger partial charge in [-0.25, -0.2) is 0 Å². The lowest BCUT2D eigenvalue weighted by Gasteiger charge is -2.19. The number of ether oxygens (including phenoxy) is 1. The van der Waals surface area contributed by atoms with E-state index in [0.29, 0.717) is 18.7 Å². The molecule has 0 saturated heterocycles. The van der Waals surface area contributed by atoms with Crippen molar-refractivity contribution in [1.29, 1.82) is 0 Å². The molecule has 0 aliphatic carbocycles. The Morgan fingerprint density at radius 3 is 2.38 bits per heavy atom. The van der Waals surface area contributed by atoms with Crippen molar-refractivity contribution < 1.29 is 9.53 Å². The first-order valence-corrected chi connectivity index (χ1v) is 8.86. The molecule has 0 atom stereocenters. The van der Waals surface area contributed by atoms with Crippen LogP contribution < -0.4 is 10.5 Å². The highest BCUT2D eigenvalue weighted by molar-refractivity contribution is 6.30. The van der Waals surface area contributed by atoms with Crippen LogP contribution in [0.25, 0.3) is 0 Å². The Balaban J connectivity index is 1.93. The standard InChI is InChI=1S/C20H26ClN3O2/c1-23(2)14-17-12-16(20(22)25)6-9-19(17)26-11-10-24(3)13-15-4-7-18(21)8-5-15/h4-9,12H,10-11,13-14H2,1-3H3,(H2,22,25). The number of primary amides is 1. The van der Waals surface area contributed by atoms with Crippen LogP contribution in [-0.2, 0) is 13.1 Å². The molecular weight excluding hydrogens is 350 g/mol. The fourth-order valence-corrected chi connectivity index (χ4v) is 2.76. The van der Waals surface area contributed by atoms with Gasteiger partial charge in [0, 0.05) is 35.8 Å². The van der Waals surface area contributed by atoms with Crippen molar-refractivity contribution in [3.8, 4) is 5.75 Å². The molecule has 2 aromatic rings. The molecule has 140 valence electrons. The summed E-state index contributed by atoms with van der Waals surface area (Å²) in [7, 11) is 6.00. The van der Waals surface area contributed by atoms with E-state index in [2.05, 4.69) is 11.9 Å². The van der Waals surface area contributed by atoms with Gasteiger partial charge in [-0.1, -0.05) is 23.7 Å². The third-order valence-corrected chi connectivity index (χ3v) is 4.18. The van der Waals surface area contributed by atoms with Gasteiger partial charge in [0.2, 0.25) is 5.91 Å². The Hall–Kier alpha value is -2.08. The van der Waals surface area contributed by atoms with E-state index in [1.54, 1.807) is 12.1 Å². The summed E-state index contributed by atoms with van der Waals surface area (Å²) >= 11 is 5.92. The van der Waals surface area contributed by atoms with Crippen molar-refractivity contribution in [2.24, 2.45) is 5.73 Å². The number of nitrogens with two attached hydrogens (primary N) is 1. The van der Waals surface area contributed by atoms with Crippen LogP contribution in [0, 0.1) is 0 Å². The van der Waals surface area contributed by atoms with Crippen LogP contribution >= 0.6 is 11.6 Å². The highest BCUT2D eigenvalue weighted by atomic mass is 35.5. The highest BCUT2D eigenvalue weighted by Gasteiger charge is 2.10. The molecule has 0 spiro atoms. The lowest BCUT2D eigenvalue weighted by Crippen LogP contribution is -2.24. The maximum Gasteiger partial charge on any atom is 0.248 e. The van der Waals surface area contributed by atoms with Crippen LogP contribution in [0.2, 0.25) is 5.02 Å². The van der Waals surface area contributed by atoms with Crippen molar-refractivity contribution in [3.05, 3.63) is 64.2 Å². The number of rotatable bonds is 9. The van der Waals surface area contributed by atoms with Gasteiger partial charge in [0.1, 0.15) is 12.4 Å². The smallest absolute Gasteiger partial charge is 0.248 e. The maximum atomic E-state index is 11.4. The summed E-state index contributed by atoms with van der Waals surface area (Å²) in [6.07, 6.45) is 0. The van der Waals surface area contributed by atoms with Gasteiger partial charge >= 0.3 is 0 Å². The van der Waals surface area contributed by atoms with Crippen molar-refractivity contribution >= 4 is 17.5 Å². The van der Waals surface area contributed by atoms with Gasteiger partial charge in [0.05, 0.1) is 0 Å². The minimum atomic E-state index is -0.431. The molecule has 2 aromatic carbocycles. The van der Waals surface area contributed by atoms with Crippen molar-refractivity contribution in [2.45, 2.75) is 13.1 Å². The maximum absolute atomic E-state index is 11.4. The molecule has 2 N–H and O–H groups in total. The minimum Gasteiger partial charge on any atom is -0.492 e. The lowest BCUT2D eigenvalue weighted by molar-refractivity contribution is 0.1000. The van der Waals surface area contributed by atoms with Crippen molar-refractivity contribution in [2.75, 3.05) is 34.3 Å². The second-order valence-electron chi connectivity index (χ2n) is 6.64. The van der Waals surface area contributed by atoms with Gasteiger partial charge < -0.3 is 15.4 Å². The first-order chi connectivity index (χ1) is 12.3. The van der Waals surface area contributed by atoms with E-state index in [1.165, 1.54) is 5.56 Å². The zero-order valence-corrected chi connectivity index (χ0v) is 16.3. The van der Waals surface area contributed by atoms with E-state index in [1.807, 2.05) is 49.3 Å². The topological polar surface area (TPSA) is 58.8 Å². The number of hydrogen-bond acceptors (Lipinski definition) is 4. The fraction of sp³-hybridized carbons (Fsp3) is 0.350. The van der Waals surface area contributed by atoms with Crippen molar-refractivity contribution in [1.82, 2.24) is 9.80 Å². The second-order valence-corrected chi connectivity index (χ2v) is 7.07. The van der Waals surface area contributed by atoms with Crippen LogP contribution in [0.4, 0.5) is 0 Å². The van der Waals surface area contributed by atoms with Crippen LogP contribution in [0.5, 0.6) is 5.75 Å². The Bertz CT molecular complexity index is 732. The van der Waals surface area contributed by atoms with Crippen LogP contribution in [0.15, 0.2) is 42.5 Å². The lowest BCUT2D eigenvalue weighted by atomic mass is 10.1. The number of carbonyl (C=O) groups is 1. The second kappa shape index (κ2) is 9.57. The van der Waals surface area contributed by atoms with Crippen molar-refractivity contribution in [3.63, 3.8) is 0 Å². The van der Waals surface area contributed by atoms with E-state index in [9.17, 15) is 4.79 Å². The molecule has 0 aliphatic rings. The third-order valence-electron chi connectivity index (χ3n) is 3.93. The zero-order valence-electron chi connectivity index (χ0n) is 15.5. The number of amides is 1. The molecule has 2 rings (SSSR count). The summed E-state index contributed by atoms with van der Waals surface area (Å²) in [6, 6.07) is 13.2. The molecule has 0 radical (unpaired) electrons. The van der Waals surface area contributed by atoms with Gasteiger partial charge in [-0.3, -0.25) is 9.69 Å². The molecule has 1 amide bonds. The number of halogens is 1. The molecule has 6 heteroatoms. The molecule has 5 nitrogen and oxygen atoms in total. The number of nitrogens with zero attached hydrogens (tertiary/aromatic N) is 2. The highest BCUT2D eigenvalue weighted by Crippen LogP contribution is 2.21. The third kappa shape index (κ3) is 6.33. The Kier molecular flexibility index (Phi) is 7.45. The van der Waals surface area contributed by atoms with E-state index < -0.39 is 5.91 Å². The average Bonchev–Trinajstić information content (AvgIpc) is 2.57. The molecule has 0 aliphatic heterocycles. The zero-order chi connectivity index (χ0) is 19.1. The van der Waals surface area contributed by atoms with Crippen LogP contribution in [-0.4, -0.2) is 50.0 Å². The quantitative estimate of drug-likeness (QED) is 0.732. The molecule has 26 heavy (non-hydrogen) atoms. The SMILES string of the molecule is CN(C)Cc1cc(C(N)=O)ccc1OCCN(C)Cc1ccc(Cl)cc1. The first kappa shape index (κ1) is 20.2. The number of carbonyl (C=O) groups excluding carboxylic acids is 1. The summed E-state index contributed by atoms with van der Waals surface area (Å²) in [4.78, 5) is 15.6. The molecule has 0 heterocycles. The Labute approximate surface area is 160 Å². The minimum absolute atomic E-state index is 0.431. The summed E-state index contributed by atoms with van der Waals surface area (Å²) in [5, 5.41) is 0.743. The van der Waals surface area contributed by atoms with Crippen LogP contribution in [0.1, 0.15) is 21.5 Å². The summed E-state index contributed by atoms with van der Waals surface area (Å²) in [5.74, 6) is 0.350. The molecule has 0 saturated carbocycles. The van der Waals surface area contributed by atoms with E-state index in [0.717, 1.165) is 29.4 Å². The Morgan fingerprint density at radius 1 is 1.08 bits per heavy atom. The largest absolute Gasteiger partial charge is 0.492 e. The first-order valence-electron chi connectivity index (χ1n) is 8.48. The predicted octanol–water partition coefficient (Wildman–Crippen LogP) is 3.01. The predicted molar refractivity (Wildman–Crippen MR) is 106 cm³/mol. The van der Waals surface area contributed by atoms with Gasteiger partial charge in [-0.05, 0) is 57.0 Å². The number of hydrogen-bond donors (Lipinski definition) is 1. The van der Waals surface area contributed by atoms with E-state index in [4.69, 9.17) is 22.1 Å². The van der Waals surface area contributed by atoms with Gasteiger partial charge in [0.25, 0.3) is 0 Å². The summed E-state index contributed by atoms with van der Waals surface area (Å²) < 4.78 is 5.96. The monoisotopic (exact) mass is 375 g/mol. The van der Waals surface area contributed by atoms with Gasteiger partial charge in [0.15, 0.2) is 0 Å². The van der Waals surface area contributed by atoms with E-state index >= 15 is 0 Å². The normalized spacial score (nSPS) is 11.2. The molecule has 0 unspecified atom stereocenters. The van der Waals surface area contributed by atoms with Crippen LogP contribution in [0.3, 0.4) is 0 Å². The molecule has 0 bridgehead atoms. The summed E-state index contributed by atoms with van der Waals surface area (Å²) in [6.45, 7) is 2.84. The number of benzene rings is 2. The van der Waals surface area contributed by atoms with Gasteiger partial charge in [-0.15, -0.1) is 0 Å². The molecule has 0 fully saturated rings. The molecule has 0 aromatic heterocycles. The fourth-order valence-electron chi connectivity index (χ4n) is 2.63. The van der Waals surface area contributed by atoms with Gasteiger partial charge in [-0.2, -0.15) is 0 Å². The molecular formula is C20H26ClN3O2. The summed E-state index contributed by atoms with van der Waals surface area (Å²) in [5.41, 5.74) is 8.03. The van der Waals surface area contributed by atoms with E-state index in [-0.39, 0.29) is 0 Å². The Morgan fingerprint density at radius 2 is 1.77 bits per heavy atom.